The summed E-state index contributed by atoms with van der Waals surface area (Å²) in [5.41, 5.74) is 0.318. The molecule has 17 heavy (non-hydrogen) atoms. The lowest BCUT2D eigenvalue weighted by molar-refractivity contribution is -0.140. The summed E-state index contributed by atoms with van der Waals surface area (Å²) in [5, 5.41) is 12.7. The number of rotatable bonds is 5. The van der Waals surface area contributed by atoms with Gasteiger partial charge in [-0.15, -0.1) is 0 Å². The molecular formula is C11H17N3O3. The predicted molar refractivity (Wildman–Crippen MR) is 64.4 cm³/mol. The van der Waals surface area contributed by atoms with E-state index in [1.165, 1.54) is 19.2 Å². The van der Waals surface area contributed by atoms with Crippen molar-refractivity contribution < 1.29 is 9.90 Å². The molecule has 0 aliphatic carbocycles. The van der Waals surface area contributed by atoms with Crippen LogP contribution in [0.5, 0.6) is 0 Å². The van der Waals surface area contributed by atoms with E-state index in [-0.39, 0.29) is 0 Å². The zero-order valence-electron chi connectivity index (χ0n) is 10.3. The third-order valence-corrected chi connectivity index (χ3v) is 2.66. The molecule has 0 saturated carbocycles. The van der Waals surface area contributed by atoms with Crippen LogP contribution in [0.3, 0.4) is 0 Å². The van der Waals surface area contributed by atoms with Gasteiger partial charge in [0.25, 0.3) is 5.56 Å². The molecule has 0 amide bonds. The number of aliphatic carboxylic acids is 1. The highest BCUT2D eigenvalue weighted by atomic mass is 16.4. The molecule has 1 unspecified atom stereocenters. The van der Waals surface area contributed by atoms with Crippen LogP contribution in [0.15, 0.2) is 17.1 Å². The minimum absolute atomic E-state index is 0.399. The second kappa shape index (κ2) is 5.47. The van der Waals surface area contributed by atoms with Crippen LogP contribution in [0.2, 0.25) is 0 Å². The SMILES string of the molecule is CCN(CC)c1cnn(C(C)C(=O)O)c(=O)c1. The molecule has 1 rings (SSSR count). The summed E-state index contributed by atoms with van der Waals surface area (Å²) in [6, 6.07) is 0.465. The Labute approximate surface area is 99.5 Å². The van der Waals surface area contributed by atoms with Gasteiger partial charge in [-0.05, 0) is 20.8 Å². The molecule has 0 aliphatic rings. The topological polar surface area (TPSA) is 75.4 Å². The van der Waals surface area contributed by atoms with Gasteiger partial charge in [-0.25, -0.2) is 9.48 Å². The number of aromatic nitrogens is 2. The lowest BCUT2D eigenvalue weighted by Crippen LogP contribution is -2.31. The van der Waals surface area contributed by atoms with Gasteiger partial charge in [-0.1, -0.05) is 0 Å². The average Bonchev–Trinajstić information content (AvgIpc) is 2.30. The molecule has 1 aromatic heterocycles. The van der Waals surface area contributed by atoms with Crippen LogP contribution >= 0.6 is 0 Å². The largest absolute Gasteiger partial charge is 0.480 e. The van der Waals surface area contributed by atoms with Crippen molar-refractivity contribution in [1.29, 1.82) is 0 Å². The first-order chi connectivity index (χ1) is 8.01. The molecule has 1 atom stereocenters. The van der Waals surface area contributed by atoms with Crippen LogP contribution in [0.1, 0.15) is 26.8 Å². The molecule has 0 saturated heterocycles. The van der Waals surface area contributed by atoms with E-state index >= 15 is 0 Å². The van der Waals surface area contributed by atoms with Gasteiger partial charge >= 0.3 is 5.97 Å². The Bertz CT molecular complexity index is 452. The Balaban J connectivity index is 3.10. The number of anilines is 1. The highest BCUT2D eigenvalue weighted by molar-refractivity contribution is 5.71. The van der Waals surface area contributed by atoms with Gasteiger partial charge in [0.05, 0.1) is 11.9 Å². The van der Waals surface area contributed by atoms with E-state index in [1.807, 2.05) is 18.7 Å². The molecule has 0 spiro atoms. The van der Waals surface area contributed by atoms with Gasteiger partial charge in [0.15, 0.2) is 6.04 Å². The molecule has 0 radical (unpaired) electrons. The Kier molecular flexibility index (Phi) is 4.25. The zero-order chi connectivity index (χ0) is 13.0. The van der Waals surface area contributed by atoms with Gasteiger partial charge in [-0.3, -0.25) is 4.79 Å². The Morgan fingerprint density at radius 1 is 1.53 bits per heavy atom. The van der Waals surface area contributed by atoms with Crippen LogP contribution in [0.25, 0.3) is 0 Å². The van der Waals surface area contributed by atoms with Crippen molar-refractivity contribution in [2.24, 2.45) is 0 Å². The van der Waals surface area contributed by atoms with Crippen molar-refractivity contribution in [2.45, 2.75) is 26.8 Å². The Hall–Kier alpha value is -1.85. The van der Waals surface area contributed by atoms with E-state index in [0.717, 1.165) is 17.8 Å². The lowest BCUT2D eigenvalue weighted by atomic mass is 10.3. The predicted octanol–water partition coefficient (Wildman–Crippen LogP) is 0.735. The third kappa shape index (κ3) is 2.83. The van der Waals surface area contributed by atoms with E-state index in [9.17, 15) is 9.59 Å². The molecule has 94 valence electrons. The number of carboxylic acid groups (broad SMARTS) is 1. The first kappa shape index (κ1) is 13.2. The molecule has 0 fully saturated rings. The van der Waals surface area contributed by atoms with Gasteiger partial charge < -0.3 is 10.0 Å². The zero-order valence-corrected chi connectivity index (χ0v) is 10.3. The molecule has 0 aliphatic heterocycles. The second-order valence-corrected chi connectivity index (χ2v) is 3.68. The summed E-state index contributed by atoms with van der Waals surface area (Å²) < 4.78 is 0.968. The molecular weight excluding hydrogens is 222 g/mol. The highest BCUT2D eigenvalue weighted by Crippen LogP contribution is 2.09. The van der Waals surface area contributed by atoms with Crippen LogP contribution in [0.4, 0.5) is 5.69 Å². The Morgan fingerprint density at radius 2 is 2.12 bits per heavy atom. The molecule has 0 aromatic carbocycles. The van der Waals surface area contributed by atoms with Crippen molar-refractivity contribution in [2.75, 3.05) is 18.0 Å². The van der Waals surface area contributed by atoms with Crippen LogP contribution in [0, 0.1) is 0 Å². The fraction of sp³-hybridized carbons (Fsp3) is 0.545. The fourth-order valence-corrected chi connectivity index (χ4v) is 1.57. The van der Waals surface area contributed by atoms with E-state index in [0.29, 0.717) is 5.69 Å². The Morgan fingerprint density at radius 3 is 2.53 bits per heavy atom. The van der Waals surface area contributed by atoms with Crippen LogP contribution in [-0.2, 0) is 4.79 Å². The summed E-state index contributed by atoms with van der Waals surface area (Å²) in [5.74, 6) is -1.07. The number of carboxylic acids is 1. The van der Waals surface area contributed by atoms with Crippen molar-refractivity contribution in [3.63, 3.8) is 0 Å². The van der Waals surface area contributed by atoms with Gasteiger partial charge in [0.2, 0.25) is 0 Å². The van der Waals surface area contributed by atoms with Gasteiger partial charge in [0, 0.05) is 19.2 Å². The van der Waals surface area contributed by atoms with Crippen molar-refractivity contribution >= 4 is 11.7 Å². The fourth-order valence-electron chi connectivity index (χ4n) is 1.57. The lowest BCUT2D eigenvalue weighted by Gasteiger charge is -2.20. The van der Waals surface area contributed by atoms with Crippen molar-refractivity contribution in [3.8, 4) is 0 Å². The van der Waals surface area contributed by atoms with Crippen LogP contribution in [-0.4, -0.2) is 33.9 Å². The average molecular weight is 239 g/mol. The maximum atomic E-state index is 11.7. The summed E-state index contributed by atoms with van der Waals surface area (Å²) in [7, 11) is 0. The number of hydrogen-bond donors (Lipinski definition) is 1. The van der Waals surface area contributed by atoms with Gasteiger partial charge in [0.1, 0.15) is 0 Å². The smallest absolute Gasteiger partial charge is 0.328 e. The molecule has 1 heterocycles. The number of hydrogen-bond acceptors (Lipinski definition) is 4. The summed E-state index contributed by atoms with van der Waals surface area (Å²) in [4.78, 5) is 24.5. The maximum absolute atomic E-state index is 11.7. The first-order valence-corrected chi connectivity index (χ1v) is 5.57. The molecule has 0 bridgehead atoms. The standard InChI is InChI=1S/C11H17N3O3/c1-4-13(5-2)9-6-10(15)14(12-7-9)8(3)11(16)17/h6-8H,4-5H2,1-3H3,(H,16,17). The molecule has 1 N–H and O–H groups in total. The molecule has 6 nitrogen and oxygen atoms in total. The normalized spacial score (nSPS) is 12.2. The maximum Gasteiger partial charge on any atom is 0.328 e. The van der Waals surface area contributed by atoms with E-state index in [2.05, 4.69) is 5.10 Å². The quantitative estimate of drug-likeness (QED) is 0.820. The van der Waals surface area contributed by atoms with E-state index < -0.39 is 17.6 Å². The third-order valence-electron chi connectivity index (χ3n) is 2.66. The highest BCUT2D eigenvalue weighted by Gasteiger charge is 2.16. The monoisotopic (exact) mass is 239 g/mol. The van der Waals surface area contributed by atoms with Crippen molar-refractivity contribution in [3.05, 3.63) is 22.6 Å². The minimum Gasteiger partial charge on any atom is -0.480 e. The van der Waals surface area contributed by atoms with Crippen molar-refractivity contribution in [1.82, 2.24) is 9.78 Å². The molecule has 1 aromatic rings. The second-order valence-electron chi connectivity index (χ2n) is 3.68. The van der Waals surface area contributed by atoms with Gasteiger partial charge in [-0.2, -0.15) is 5.10 Å². The summed E-state index contributed by atoms with van der Waals surface area (Å²) in [6.07, 6.45) is 1.52. The van der Waals surface area contributed by atoms with E-state index in [4.69, 9.17) is 5.11 Å². The van der Waals surface area contributed by atoms with E-state index in [1.54, 1.807) is 0 Å². The first-order valence-electron chi connectivity index (χ1n) is 5.57. The number of carbonyl (C=O) groups is 1. The molecule has 6 heteroatoms. The van der Waals surface area contributed by atoms with Crippen LogP contribution < -0.4 is 10.5 Å². The summed E-state index contributed by atoms with van der Waals surface area (Å²) >= 11 is 0. The minimum atomic E-state index is -1.07. The summed E-state index contributed by atoms with van der Waals surface area (Å²) in [6.45, 7) is 6.93. The number of nitrogens with zero attached hydrogens (tertiary/aromatic N) is 3.